The monoisotopic (exact) mass is 655 g/mol. The van der Waals surface area contributed by atoms with Crippen LogP contribution in [0.15, 0.2) is 122 Å². The second-order valence-corrected chi connectivity index (χ2v) is 10.9. The van der Waals surface area contributed by atoms with Crippen LogP contribution in [0.4, 0.5) is 0 Å². The fourth-order valence-electron chi connectivity index (χ4n) is 4.90. The molecule has 178 valence electrons. The standard InChI is InChI=1S/C34H21N3.W/c1(5-24-9-11-26-6-2-18-35-32(26)21-24)4-23-8-10-25-12-15-29(22-30(25)20-23)31-17-16-28-14-13-27-7-3-19-36-33(27)34(28)37-31;/h1-3,5-22H;/b5-1-;. The molecule has 4 aromatic carbocycles. The van der Waals surface area contributed by atoms with Crippen LogP contribution in [-0.4, -0.2) is 18.8 Å². The zero-order valence-electron chi connectivity index (χ0n) is 20.4. The Morgan fingerprint density at radius 1 is 0.605 bits per heavy atom. The first-order valence-corrected chi connectivity index (χ1v) is 13.9. The minimum atomic E-state index is 0.941. The molecule has 3 nitrogen and oxygen atoms in total. The third-order valence-electron chi connectivity index (χ3n) is 6.91. The van der Waals surface area contributed by atoms with Gasteiger partial charge in [-0.05, 0) is 6.07 Å². The van der Waals surface area contributed by atoms with Gasteiger partial charge in [0.05, 0.1) is 0 Å². The Balaban J connectivity index is 1.22. The molecule has 0 atom stereocenters. The summed E-state index contributed by atoms with van der Waals surface area (Å²) < 4.78 is 1.29. The number of benzene rings is 4. The van der Waals surface area contributed by atoms with Crippen LogP contribution in [0.2, 0.25) is 0 Å². The third-order valence-corrected chi connectivity index (χ3v) is 8.25. The number of pyridine rings is 3. The van der Waals surface area contributed by atoms with Crippen molar-refractivity contribution in [3.63, 3.8) is 0 Å². The summed E-state index contributed by atoms with van der Waals surface area (Å²) in [4.78, 5) is 14.1. The summed E-state index contributed by atoms with van der Waals surface area (Å²) in [6.07, 6.45) is 8.06. The first-order valence-electron chi connectivity index (χ1n) is 12.5. The topological polar surface area (TPSA) is 38.7 Å². The Bertz CT molecular complexity index is 2060. The van der Waals surface area contributed by atoms with Gasteiger partial charge in [-0.15, -0.1) is 0 Å². The molecule has 0 fully saturated rings. The molecule has 0 bridgehead atoms. The molecule has 0 unspecified atom stereocenters. The quantitative estimate of drug-likeness (QED) is 0.181. The molecule has 0 amide bonds. The summed E-state index contributed by atoms with van der Waals surface area (Å²) >= 11 is 1.43. The molecule has 0 saturated carbocycles. The molecule has 0 saturated heterocycles. The number of rotatable bonds is 4. The molecule has 0 radical (unpaired) electrons. The van der Waals surface area contributed by atoms with Crippen molar-refractivity contribution in [2.24, 2.45) is 0 Å². The molecule has 3 aromatic heterocycles. The average molecular weight is 655 g/mol. The van der Waals surface area contributed by atoms with Crippen LogP contribution in [0.1, 0.15) is 11.1 Å². The first kappa shape index (κ1) is 22.8. The summed E-state index contributed by atoms with van der Waals surface area (Å²) in [5.74, 6) is 0. The van der Waals surface area contributed by atoms with Gasteiger partial charge >= 0.3 is 226 Å². The minimum absolute atomic E-state index is 0.941. The third kappa shape index (κ3) is 4.25. The van der Waals surface area contributed by atoms with Crippen LogP contribution in [-0.2, 0) is 19.4 Å². The molecule has 0 aliphatic carbocycles. The van der Waals surface area contributed by atoms with Crippen molar-refractivity contribution >= 4 is 53.5 Å². The van der Waals surface area contributed by atoms with Gasteiger partial charge in [0.15, 0.2) is 0 Å². The summed E-state index contributed by atoms with van der Waals surface area (Å²) in [6, 6.07) is 36.3. The van der Waals surface area contributed by atoms with Gasteiger partial charge in [0, 0.05) is 0 Å². The van der Waals surface area contributed by atoms with E-state index in [1.165, 1.54) is 39.6 Å². The van der Waals surface area contributed by atoms with Crippen molar-refractivity contribution < 1.29 is 19.4 Å². The van der Waals surface area contributed by atoms with Crippen molar-refractivity contribution in [1.29, 1.82) is 0 Å². The van der Waals surface area contributed by atoms with Gasteiger partial charge in [-0.3, -0.25) is 0 Å². The first-order chi connectivity index (χ1) is 18.7. The van der Waals surface area contributed by atoms with E-state index in [1.54, 1.807) is 0 Å². The van der Waals surface area contributed by atoms with E-state index >= 15 is 0 Å². The Kier molecular flexibility index (Phi) is 5.72. The Morgan fingerprint density at radius 3 is 2.26 bits per heavy atom. The van der Waals surface area contributed by atoms with Crippen LogP contribution in [0.25, 0.3) is 60.8 Å². The molecule has 0 spiro atoms. The predicted octanol–water partition coefficient (Wildman–Crippen LogP) is 7.93. The summed E-state index contributed by atoms with van der Waals surface area (Å²) in [6.45, 7) is 0. The maximum atomic E-state index is 5.04. The van der Waals surface area contributed by atoms with Gasteiger partial charge in [0.25, 0.3) is 0 Å². The fourth-order valence-corrected chi connectivity index (χ4v) is 5.60. The normalized spacial score (nSPS) is 11.7. The number of fused-ring (bicyclic) bond motifs is 5. The zero-order valence-corrected chi connectivity index (χ0v) is 23.3. The number of nitrogens with zero attached hydrogens (tertiary/aromatic N) is 3. The van der Waals surface area contributed by atoms with Crippen LogP contribution >= 0.6 is 0 Å². The molecule has 38 heavy (non-hydrogen) atoms. The van der Waals surface area contributed by atoms with E-state index < -0.39 is 0 Å². The molecule has 0 aliphatic heterocycles. The maximum absolute atomic E-state index is 5.04. The van der Waals surface area contributed by atoms with Gasteiger partial charge in [-0.1, -0.05) is 0 Å². The van der Waals surface area contributed by atoms with E-state index in [0.29, 0.717) is 0 Å². The van der Waals surface area contributed by atoms with Crippen LogP contribution in [0.3, 0.4) is 0 Å². The summed E-state index contributed by atoms with van der Waals surface area (Å²) in [5, 5.41) is 5.80. The molecule has 4 heteroatoms. The molecule has 0 N–H and O–H groups in total. The molecular formula is C34H21N3W. The SMILES string of the molecule is [W]=[C](/C=C\c1ccc2cccnc2c1)c1ccc2ccc(-c3ccc4ccc5cccnc5c4n3)cc2c1. The number of allylic oxidation sites excluding steroid dienone is 1. The molecule has 0 aliphatic rings. The predicted molar refractivity (Wildman–Crippen MR) is 155 cm³/mol. The Hall–Kier alpha value is -4.33. The van der Waals surface area contributed by atoms with Gasteiger partial charge in [-0.25, -0.2) is 0 Å². The average Bonchev–Trinajstić information content (AvgIpc) is 2.98. The van der Waals surface area contributed by atoms with E-state index in [2.05, 4.69) is 113 Å². The van der Waals surface area contributed by atoms with E-state index in [4.69, 9.17) is 4.98 Å². The fraction of sp³-hybridized carbons (Fsp3) is 0. The van der Waals surface area contributed by atoms with E-state index in [1.807, 2.05) is 24.5 Å². The van der Waals surface area contributed by atoms with Gasteiger partial charge in [0.2, 0.25) is 0 Å². The summed E-state index contributed by atoms with van der Waals surface area (Å²) in [7, 11) is 0. The second kappa shape index (κ2) is 9.52. The number of hydrogen-bond acceptors (Lipinski definition) is 3. The van der Waals surface area contributed by atoms with E-state index in [-0.39, 0.29) is 0 Å². The zero-order chi connectivity index (χ0) is 25.5. The van der Waals surface area contributed by atoms with Crippen LogP contribution in [0, 0.1) is 0 Å². The number of aromatic nitrogens is 3. The van der Waals surface area contributed by atoms with Crippen molar-refractivity contribution in [2.75, 3.05) is 0 Å². The Labute approximate surface area is 230 Å². The number of hydrogen-bond donors (Lipinski definition) is 0. The molecule has 7 aromatic rings. The van der Waals surface area contributed by atoms with E-state index in [0.717, 1.165) is 49.5 Å². The second-order valence-electron chi connectivity index (χ2n) is 9.34. The molecular weight excluding hydrogens is 634 g/mol. The Morgan fingerprint density at radius 2 is 1.34 bits per heavy atom. The van der Waals surface area contributed by atoms with Crippen molar-refractivity contribution in [3.8, 4) is 11.3 Å². The van der Waals surface area contributed by atoms with Crippen molar-refractivity contribution in [1.82, 2.24) is 15.0 Å². The molecule has 7 rings (SSSR count). The van der Waals surface area contributed by atoms with Gasteiger partial charge in [-0.2, -0.15) is 0 Å². The van der Waals surface area contributed by atoms with Crippen LogP contribution < -0.4 is 0 Å². The van der Waals surface area contributed by atoms with Crippen molar-refractivity contribution in [3.05, 3.63) is 133 Å². The van der Waals surface area contributed by atoms with Gasteiger partial charge in [0.1, 0.15) is 0 Å². The van der Waals surface area contributed by atoms with Crippen LogP contribution in [0.5, 0.6) is 0 Å². The van der Waals surface area contributed by atoms with E-state index in [9.17, 15) is 0 Å². The summed E-state index contributed by atoms with van der Waals surface area (Å²) in [5.41, 5.74) is 7.36. The van der Waals surface area contributed by atoms with Crippen molar-refractivity contribution in [2.45, 2.75) is 0 Å². The van der Waals surface area contributed by atoms with Gasteiger partial charge < -0.3 is 0 Å². The molecule has 3 heterocycles.